The number of aliphatic imine (C=N–C) groups is 1. The SMILES string of the molecule is CCNC(=NCc1ccc(N2CCCC2)nc1)N1CCN(c2ccc(F)cc2)CC1.I. The van der Waals surface area contributed by atoms with E-state index >= 15 is 0 Å². The summed E-state index contributed by atoms with van der Waals surface area (Å²) < 4.78 is 13.2. The number of piperazine rings is 1. The molecular weight excluding hydrogens is 506 g/mol. The van der Waals surface area contributed by atoms with Gasteiger partial charge in [-0.1, -0.05) is 6.07 Å². The molecule has 0 spiro atoms. The van der Waals surface area contributed by atoms with Crippen LogP contribution in [0.2, 0.25) is 0 Å². The molecule has 0 atom stereocenters. The Kier molecular flexibility index (Phi) is 8.74. The first-order chi connectivity index (χ1) is 14.7. The zero-order valence-corrected chi connectivity index (χ0v) is 20.5. The van der Waals surface area contributed by atoms with E-state index in [1.807, 2.05) is 18.3 Å². The summed E-state index contributed by atoms with van der Waals surface area (Å²) in [7, 11) is 0. The number of hydrogen-bond acceptors (Lipinski definition) is 4. The number of guanidine groups is 1. The molecule has 8 heteroatoms. The maximum absolute atomic E-state index is 13.2. The Morgan fingerprint density at radius 3 is 2.29 bits per heavy atom. The number of nitrogens with one attached hydrogen (secondary N) is 1. The highest BCUT2D eigenvalue weighted by Gasteiger charge is 2.20. The fourth-order valence-corrected chi connectivity index (χ4v) is 4.06. The predicted octanol–water partition coefficient (Wildman–Crippen LogP) is 3.73. The Labute approximate surface area is 201 Å². The number of hydrogen-bond donors (Lipinski definition) is 1. The summed E-state index contributed by atoms with van der Waals surface area (Å²) in [4.78, 5) is 16.4. The second-order valence-corrected chi connectivity index (χ2v) is 7.84. The van der Waals surface area contributed by atoms with E-state index in [-0.39, 0.29) is 29.8 Å². The van der Waals surface area contributed by atoms with E-state index in [0.717, 1.165) is 68.8 Å². The van der Waals surface area contributed by atoms with Gasteiger partial charge < -0.3 is 20.0 Å². The summed E-state index contributed by atoms with van der Waals surface area (Å²) >= 11 is 0. The number of benzene rings is 1. The molecule has 6 nitrogen and oxygen atoms in total. The number of halogens is 2. The molecule has 1 N–H and O–H groups in total. The molecule has 0 amide bonds. The van der Waals surface area contributed by atoms with E-state index < -0.39 is 0 Å². The largest absolute Gasteiger partial charge is 0.368 e. The Morgan fingerprint density at radius 2 is 1.68 bits per heavy atom. The normalized spacial score (nSPS) is 17.0. The molecule has 2 saturated heterocycles. The third-order valence-electron chi connectivity index (χ3n) is 5.76. The second-order valence-electron chi connectivity index (χ2n) is 7.84. The minimum absolute atomic E-state index is 0. The van der Waals surface area contributed by atoms with Gasteiger partial charge in [0.05, 0.1) is 6.54 Å². The van der Waals surface area contributed by atoms with Crippen LogP contribution in [0.3, 0.4) is 0 Å². The van der Waals surface area contributed by atoms with E-state index in [1.54, 1.807) is 0 Å². The fraction of sp³-hybridized carbons (Fsp3) is 0.478. The van der Waals surface area contributed by atoms with Crippen LogP contribution in [0.25, 0.3) is 0 Å². The van der Waals surface area contributed by atoms with Gasteiger partial charge in [-0.15, -0.1) is 24.0 Å². The van der Waals surface area contributed by atoms with Crippen LogP contribution >= 0.6 is 24.0 Å². The lowest BCUT2D eigenvalue weighted by Crippen LogP contribution is -2.52. The van der Waals surface area contributed by atoms with E-state index in [2.05, 4.69) is 44.1 Å². The molecule has 0 radical (unpaired) electrons. The van der Waals surface area contributed by atoms with Crippen molar-refractivity contribution in [3.8, 4) is 0 Å². The van der Waals surface area contributed by atoms with Crippen LogP contribution in [0, 0.1) is 5.82 Å². The van der Waals surface area contributed by atoms with E-state index in [1.165, 1.54) is 25.0 Å². The molecule has 168 valence electrons. The van der Waals surface area contributed by atoms with Crippen molar-refractivity contribution in [2.45, 2.75) is 26.3 Å². The molecule has 3 heterocycles. The van der Waals surface area contributed by atoms with Gasteiger partial charge in [-0.05, 0) is 55.7 Å². The Morgan fingerprint density at radius 1 is 0.968 bits per heavy atom. The first-order valence-electron chi connectivity index (χ1n) is 11.0. The lowest BCUT2D eigenvalue weighted by atomic mass is 10.2. The van der Waals surface area contributed by atoms with E-state index in [0.29, 0.717) is 6.54 Å². The monoisotopic (exact) mass is 538 g/mol. The van der Waals surface area contributed by atoms with Crippen LogP contribution in [0.5, 0.6) is 0 Å². The van der Waals surface area contributed by atoms with Crippen molar-refractivity contribution in [3.05, 3.63) is 54.0 Å². The molecule has 0 bridgehead atoms. The third-order valence-corrected chi connectivity index (χ3v) is 5.76. The van der Waals surface area contributed by atoms with Crippen LogP contribution in [0.4, 0.5) is 15.9 Å². The highest BCUT2D eigenvalue weighted by atomic mass is 127. The van der Waals surface area contributed by atoms with Crippen molar-refractivity contribution in [1.29, 1.82) is 0 Å². The van der Waals surface area contributed by atoms with Gasteiger partial charge in [0.2, 0.25) is 0 Å². The first-order valence-corrected chi connectivity index (χ1v) is 11.0. The number of pyridine rings is 1. The number of anilines is 2. The average molecular weight is 538 g/mol. The topological polar surface area (TPSA) is 47.0 Å². The van der Waals surface area contributed by atoms with Gasteiger partial charge in [-0.2, -0.15) is 0 Å². The van der Waals surface area contributed by atoms with Crippen LogP contribution < -0.4 is 15.1 Å². The first kappa shape index (κ1) is 23.6. The van der Waals surface area contributed by atoms with Gasteiger partial charge in [-0.3, -0.25) is 0 Å². The zero-order valence-electron chi connectivity index (χ0n) is 18.1. The molecule has 2 aliphatic rings. The van der Waals surface area contributed by atoms with E-state index in [4.69, 9.17) is 4.99 Å². The van der Waals surface area contributed by atoms with Crippen molar-refractivity contribution < 1.29 is 4.39 Å². The molecule has 2 fully saturated rings. The average Bonchev–Trinajstić information content (AvgIpc) is 3.33. The summed E-state index contributed by atoms with van der Waals surface area (Å²) in [5.74, 6) is 1.82. The molecule has 0 saturated carbocycles. The molecule has 1 aromatic heterocycles. The minimum Gasteiger partial charge on any atom is -0.368 e. The Balaban J connectivity index is 0.00000272. The lowest BCUT2D eigenvalue weighted by Gasteiger charge is -2.37. The third kappa shape index (κ3) is 6.21. The van der Waals surface area contributed by atoms with Gasteiger partial charge in [0.1, 0.15) is 11.6 Å². The van der Waals surface area contributed by atoms with Gasteiger partial charge in [-0.25, -0.2) is 14.4 Å². The fourth-order valence-electron chi connectivity index (χ4n) is 4.06. The molecule has 2 aromatic rings. The number of nitrogens with zero attached hydrogens (tertiary/aromatic N) is 5. The molecule has 0 aliphatic carbocycles. The molecule has 0 unspecified atom stereocenters. The molecule has 31 heavy (non-hydrogen) atoms. The summed E-state index contributed by atoms with van der Waals surface area (Å²) in [6.45, 7) is 9.32. The maximum Gasteiger partial charge on any atom is 0.194 e. The van der Waals surface area contributed by atoms with Crippen LogP contribution in [0.15, 0.2) is 47.6 Å². The van der Waals surface area contributed by atoms with Crippen molar-refractivity contribution >= 4 is 41.4 Å². The quantitative estimate of drug-likeness (QED) is 0.357. The van der Waals surface area contributed by atoms with Crippen LogP contribution in [-0.4, -0.2) is 61.7 Å². The van der Waals surface area contributed by atoms with Gasteiger partial charge in [0.15, 0.2) is 5.96 Å². The number of rotatable bonds is 5. The highest BCUT2D eigenvalue weighted by molar-refractivity contribution is 14.0. The van der Waals surface area contributed by atoms with Crippen molar-refractivity contribution in [1.82, 2.24) is 15.2 Å². The smallest absolute Gasteiger partial charge is 0.194 e. The van der Waals surface area contributed by atoms with Crippen LogP contribution in [0.1, 0.15) is 25.3 Å². The minimum atomic E-state index is -0.193. The molecule has 4 rings (SSSR count). The van der Waals surface area contributed by atoms with Crippen LogP contribution in [-0.2, 0) is 6.54 Å². The standard InChI is InChI=1S/C23H31FN6.HI/c1-2-25-23(27-18-19-5-10-22(26-17-19)29-11-3-4-12-29)30-15-13-28(14-16-30)21-8-6-20(24)7-9-21;/h5-10,17H,2-4,11-16,18H2,1H3,(H,25,27);1H. The van der Waals surface area contributed by atoms with Gasteiger partial charge in [0.25, 0.3) is 0 Å². The Bertz CT molecular complexity index is 828. The number of aromatic nitrogens is 1. The van der Waals surface area contributed by atoms with E-state index in [9.17, 15) is 4.39 Å². The summed E-state index contributed by atoms with van der Waals surface area (Å²) in [5.41, 5.74) is 2.19. The lowest BCUT2D eigenvalue weighted by molar-refractivity contribution is 0.372. The van der Waals surface area contributed by atoms with Crippen molar-refractivity contribution in [3.63, 3.8) is 0 Å². The van der Waals surface area contributed by atoms with Gasteiger partial charge in [0, 0.05) is 57.7 Å². The molecular formula is C23H32FIN6. The predicted molar refractivity (Wildman–Crippen MR) is 136 cm³/mol. The highest BCUT2D eigenvalue weighted by Crippen LogP contribution is 2.19. The summed E-state index contributed by atoms with van der Waals surface area (Å²) in [6.07, 6.45) is 4.47. The van der Waals surface area contributed by atoms with Gasteiger partial charge >= 0.3 is 0 Å². The molecule has 2 aliphatic heterocycles. The van der Waals surface area contributed by atoms with Crippen molar-refractivity contribution in [2.75, 3.05) is 55.6 Å². The summed E-state index contributed by atoms with van der Waals surface area (Å²) in [5, 5.41) is 3.42. The Hall–Kier alpha value is -2.10. The maximum atomic E-state index is 13.2. The molecule has 1 aromatic carbocycles. The summed E-state index contributed by atoms with van der Waals surface area (Å²) in [6, 6.07) is 11.0. The zero-order chi connectivity index (χ0) is 20.8. The van der Waals surface area contributed by atoms with Crippen molar-refractivity contribution in [2.24, 2.45) is 4.99 Å². The second kappa shape index (κ2) is 11.5.